The summed E-state index contributed by atoms with van der Waals surface area (Å²) >= 11 is 0. The van der Waals surface area contributed by atoms with Crippen molar-refractivity contribution in [2.45, 2.75) is 24.7 Å². The molecule has 0 saturated carbocycles. The Hall–Kier alpha value is -2.43. The van der Waals surface area contributed by atoms with E-state index >= 15 is 0 Å². The van der Waals surface area contributed by atoms with Crippen molar-refractivity contribution in [1.82, 2.24) is 9.21 Å². The van der Waals surface area contributed by atoms with Gasteiger partial charge in [-0.25, -0.2) is 16.8 Å². The minimum absolute atomic E-state index is 0.0972. The van der Waals surface area contributed by atoms with Crippen molar-refractivity contribution in [3.05, 3.63) is 60.2 Å². The second-order valence-electron chi connectivity index (χ2n) is 7.82. The van der Waals surface area contributed by atoms with E-state index in [1.54, 1.807) is 47.4 Å². The summed E-state index contributed by atoms with van der Waals surface area (Å²) in [6, 6.07) is 15.5. The maximum absolute atomic E-state index is 12.7. The number of sulfonamides is 2. The van der Waals surface area contributed by atoms with Gasteiger partial charge in [0.15, 0.2) is 0 Å². The van der Waals surface area contributed by atoms with Crippen LogP contribution in [0.4, 0.5) is 5.69 Å². The van der Waals surface area contributed by atoms with Crippen LogP contribution in [0.3, 0.4) is 0 Å². The van der Waals surface area contributed by atoms with Crippen LogP contribution in [0.5, 0.6) is 0 Å². The first-order chi connectivity index (χ1) is 15.1. The maximum atomic E-state index is 12.7. The molecule has 8 nitrogen and oxygen atoms in total. The first kappa shape index (κ1) is 24.2. The molecule has 0 radical (unpaired) electrons. The Kier molecular flexibility index (Phi) is 7.58. The predicted molar refractivity (Wildman–Crippen MR) is 124 cm³/mol. The molecule has 1 amide bonds. The molecule has 2 aromatic carbocycles. The van der Waals surface area contributed by atoms with Gasteiger partial charge in [0.2, 0.25) is 26.0 Å². The van der Waals surface area contributed by atoms with Crippen molar-refractivity contribution >= 4 is 31.6 Å². The van der Waals surface area contributed by atoms with Crippen LogP contribution in [-0.2, 0) is 24.8 Å². The first-order valence-electron chi connectivity index (χ1n) is 10.5. The Bertz CT molecular complexity index is 1140. The SMILES string of the molecule is Cc1ccccc1N(CCCC(=O)N1CCN(S(=O)(=O)c2ccccc2)CC1)S(C)(=O)=O. The standard InChI is InChI=1S/C22H29N3O5S2/c1-19-9-6-7-12-21(19)25(31(2,27)28)14-8-13-22(26)23-15-17-24(18-16-23)32(29,30)20-10-4-3-5-11-20/h3-7,9-12H,8,13-18H2,1-2H3. The van der Waals surface area contributed by atoms with Gasteiger partial charge in [-0.15, -0.1) is 0 Å². The third-order valence-corrected chi connectivity index (χ3v) is 8.60. The fourth-order valence-electron chi connectivity index (χ4n) is 3.76. The molecule has 32 heavy (non-hydrogen) atoms. The number of amides is 1. The Morgan fingerprint density at radius 3 is 2.09 bits per heavy atom. The molecule has 0 bridgehead atoms. The molecule has 0 atom stereocenters. The van der Waals surface area contributed by atoms with E-state index in [9.17, 15) is 21.6 Å². The van der Waals surface area contributed by atoms with Gasteiger partial charge in [-0.05, 0) is 37.1 Å². The van der Waals surface area contributed by atoms with Crippen molar-refractivity contribution in [2.75, 3.05) is 43.3 Å². The summed E-state index contributed by atoms with van der Waals surface area (Å²) in [4.78, 5) is 14.5. The molecule has 1 fully saturated rings. The van der Waals surface area contributed by atoms with Gasteiger partial charge in [0.05, 0.1) is 16.8 Å². The van der Waals surface area contributed by atoms with Gasteiger partial charge >= 0.3 is 0 Å². The lowest BCUT2D eigenvalue weighted by atomic mass is 10.2. The molecule has 0 unspecified atom stereocenters. The summed E-state index contributed by atoms with van der Waals surface area (Å²) in [5, 5.41) is 0. The zero-order chi connectivity index (χ0) is 23.4. The predicted octanol–water partition coefficient (Wildman–Crippen LogP) is 2.07. The fourth-order valence-corrected chi connectivity index (χ4v) is 6.23. The molecule has 1 heterocycles. The van der Waals surface area contributed by atoms with E-state index < -0.39 is 20.0 Å². The molecule has 10 heteroatoms. The van der Waals surface area contributed by atoms with E-state index in [1.165, 1.54) is 8.61 Å². The number of aryl methyl sites for hydroxylation is 1. The van der Waals surface area contributed by atoms with Crippen molar-refractivity contribution in [2.24, 2.45) is 0 Å². The minimum Gasteiger partial charge on any atom is -0.340 e. The number of rotatable bonds is 8. The van der Waals surface area contributed by atoms with Gasteiger partial charge in [-0.3, -0.25) is 9.10 Å². The molecule has 174 valence electrons. The lowest BCUT2D eigenvalue weighted by Crippen LogP contribution is -2.50. The Balaban J connectivity index is 1.54. The molecule has 1 aliphatic rings. The van der Waals surface area contributed by atoms with Crippen LogP contribution in [0.1, 0.15) is 18.4 Å². The monoisotopic (exact) mass is 479 g/mol. The Labute approximate surface area is 190 Å². The average molecular weight is 480 g/mol. The van der Waals surface area contributed by atoms with Gasteiger partial charge < -0.3 is 4.90 Å². The number of piperazine rings is 1. The number of benzene rings is 2. The highest BCUT2D eigenvalue weighted by molar-refractivity contribution is 7.92. The average Bonchev–Trinajstić information content (AvgIpc) is 2.77. The van der Waals surface area contributed by atoms with Crippen LogP contribution in [0, 0.1) is 6.92 Å². The molecular weight excluding hydrogens is 450 g/mol. The molecule has 1 aliphatic heterocycles. The fraction of sp³-hybridized carbons (Fsp3) is 0.409. The van der Waals surface area contributed by atoms with Crippen molar-refractivity contribution in [3.63, 3.8) is 0 Å². The highest BCUT2D eigenvalue weighted by Gasteiger charge is 2.30. The summed E-state index contributed by atoms with van der Waals surface area (Å²) in [7, 11) is -7.05. The molecule has 2 aromatic rings. The Morgan fingerprint density at radius 2 is 1.50 bits per heavy atom. The highest BCUT2D eigenvalue weighted by Crippen LogP contribution is 2.23. The van der Waals surface area contributed by atoms with Crippen LogP contribution >= 0.6 is 0 Å². The zero-order valence-corrected chi connectivity index (χ0v) is 20.0. The summed E-state index contributed by atoms with van der Waals surface area (Å²) < 4.78 is 52.7. The number of hydrogen-bond donors (Lipinski definition) is 0. The van der Waals surface area contributed by atoms with Crippen LogP contribution in [0.25, 0.3) is 0 Å². The smallest absolute Gasteiger partial charge is 0.243 e. The van der Waals surface area contributed by atoms with E-state index in [0.29, 0.717) is 25.2 Å². The number of para-hydroxylation sites is 1. The number of anilines is 1. The zero-order valence-electron chi connectivity index (χ0n) is 18.3. The van der Waals surface area contributed by atoms with E-state index in [1.807, 2.05) is 19.1 Å². The number of carbonyl (C=O) groups excluding carboxylic acids is 1. The topological polar surface area (TPSA) is 95.1 Å². The third-order valence-electron chi connectivity index (χ3n) is 5.51. The van der Waals surface area contributed by atoms with E-state index in [0.717, 1.165) is 11.8 Å². The normalized spacial score (nSPS) is 15.5. The minimum atomic E-state index is -3.57. The van der Waals surface area contributed by atoms with E-state index in [-0.39, 0.29) is 36.9 Å². The van der Waals surface area contributed by atoms with Gasteiger partial charge in [0.25, 0.3) is 0 Å². The lowest BCUT2D eigenvalue weighted by molar-refractivity contribution is -0.132. The van der Waals surface area contributed by atoms with Crippen LogP contribution in [0.2, 0.25) is 0 Å². The van der Waals surface area contributed by atoms with E-state index in [4.69, 9.17) is 0 Å². The van der Waals surface area contributed by atoms with Gasteiger partial charge in [-0.2, -0.15) is 4.31 Å². The number of carbonyl (C=O) groups is 1. The first-order valence-corrected chi connectivity index (χ1v) is 13.8. The largest absolute Gasteiger partial charge is 0.340 e. The van der Waals surface area contributed by atoms with Crippen molar-refractivity contribution in [3.8, 4) is 0 Å². The van der Waals surface area contributed by atoms with Crippen molar-refractivity contribution in [1.29, 1.82) is 0 Å². The lowest BCUT2D eigenvalue weighted by Gasteiger charge is -2.34. The second kappa shape index (κ2) is 10.0. The molecule has 1 saturated heterocycles. The van der Waals surface area contributed by atoms with E-state index in [2.05, 4.69) is 0 Å². The number of nitrogens with zero attached hydrogens (tertiary/aromatic N) is 3. The van der Waals surface area contributed by atoms with Gasteiger partial charge in [0, 0.05) is 39.1 Å². The highest BCUT2D eigenvalue weighted by atomic mass is 32.2. The number of hydrogen-bond acceptors (Lipinski definition) is 5. The molecule has 0 aromatic heterocycles. The second-order valence-corrected chi connectivity index (χ2v) is 11.7. The van der Waals surface area contributed by atoms with Crippen LogP contribution in [-0.4, -0.2) is 70.9 Å². The summed E-state index contributed by atoms with van der Waals surface area (Å²) in [6.07, 6.45) is 1.74. The van der Waals surface area contributed by atoms with Crippen molar-refractivity contribution < 1.29 is 21.6 Å². The molecule has 0 N–H and O–H groups in total. The Morgan fingerprint density at radius 1 is 0.906 bits per heavy atom. The quantitative estimate of drug-likeness (QED) is 0.578. The van der Waals surface area contributed by atoms with Crippen LogP contribution < -0.4 is 4.31 Å². The van der Waals surface area contributed by atoms with Gasteiger partial charge in [0.1, 0.15) is 0 Å². The maximum Gasteiger partial charge on any atom is 0.243 e. The summed E-state index contributed by atoms with van der Waals surface area (Å²) in [5.41, 5.74) is 1.46. The summed E-state index contributed by atoms with van der Waals surface area (Å²) in [5.74, 6) is -0.0972. The molecular formula is C22H29N3O5S2. The third kappa shape index (κ3) is 5.67. The molecule has 0 aliphatic carbocycles. The van der Waals surface area contributed by atoms with Crippen LogP contribution in [0.15, 0.2) is 59.5 Å². The molecule has 0 spiro atoms. The summed E-state index contributed by atoms with van der Waals surface area (Å²) in [6.45, 7) is 3.17. The van der Waals surface area contributed by atoms with Gasteiger partial charge in [-0.1, -0.05) is 36.4 Å². The molecule has 3 rings (SSSR count).